The predicted molar refractivity (Wildman–Crippen MR) is 117 cm³/mol. The van der Waals surface area contributed by atoms with Crippen LogP contribution in [0.4, 0.5) is 5.82 Å². The van der Waals surface area contributed by atoms with E-state index >= 15 is 0 Å². The number of imidazole rings is 1. The molecule has 32 heavy (non-hydrogen) atoms. The largest absolute Gasteiger partial charge is 0.454 e. The van der Waals surface area contributed by atoms with E-state index < -0.39 is 18.5 Å². The van der Waals surface area contributed by atoms with Crippen molar-refractivity contribution in [2.45, 2.75) is 19.9 Å². The number of benzene rings is 2. The van der Waals surface area contributed by atoms with E-state index in [0.29, 0.717) is 12.1 Å². The van der Waals surface area contributed by atoms with Gasteiger partial charge in [0.1, 0.15) is 24.0 Å². The quantitative estimate of drug-likeness (QED) is 0.453. The van der Waals surface area contributed by atoms with Crippen LogP contribution in [0.1, 0.15) is 18.3 Å². The zero-order chi connectivity index (χ0) is 22.5. The molecule has 2 aromatic heterocycles. The Labute approximate surface area is 183 Å². The van der Waals surface area contributed by atoms with Crippen molar-refractivity contribution in [2.75, 3.05) is 11.9 Å². The number of rotatable bonds is 7. The van der Waals surface area contributed by atoms with Crippen LogP contribution >= 0.6 is 0 Å². The van der Waals surface area contributed by atoms with Gasteiger partial charge in [-0.25, -0.2) is 9.67 Å². The van der Waals surface area contributed by atoms with Gasteiger partial charge in [0.25, 0.3) is 5.91 Å². The summed E-state index contributed by atoms with van der Waals surface area (Å²) < 4.78 is 8.41. The molecule has 0 unspecified atom stereocenters. The van der Waals surface area contributed by atoms with Gasteiger partial charge in [0.2, 0.25) is 0 Å². The number of nitrogens with zero attached hydrogens (tertiary/aromatic N) is 5. The molecule has 0 atom stereocenters. The lowest BCUT2D eigenvalue weighted by molar-refractivity contribution is -0.147. The van der Waals surface area contributed by atoms with Gasteiger partial charge in [0.15, 0.2) is 12.4 Å². The molecule has 4 aromatic rings. The summed E-state index contributed by atoms with van der Waals surface area (Å²) in [6.45, 7) is 1.42. The standard InChI is InChI=1S/C23H20N6O3/c1-2-20-26-18-10-6-7-11-19(18)28(20)14-22(31)32-15-21(30)27-23-16(12-24)13-25-29(23)17-8-4-3-5-9-17/h3-11,13H,2,14-15H2,1H3,(H,27,30). The molecule has 0 saturated carbocycles. The molecular weight excluding hydrogens is 408 g/mol. The molecule has 1 amide bonds. The van der Waals surface area contributed by atoms with E-state index in [1.807, 2.05) is 55.5 Å². The van der Waals surface area contributed by atoms with Crippen LogP contribution in [0, 0.1) is 11.3 Å². The Hall–Kier alpha value is -4.45. The van der Waals surface area contributed by atoms with E-state index in [9.17, 15) is 14.9 Å². The van der Waals surface area contributed by atoms with Crippen LogP contribution in [0.2, 0.25) is 0 Å². The van der Waals surface area contributed by atoms with E-state index in [-0.39, 0.29) is 17.9 Å². The average molecular weight is 428 g/mol. The van der Waals surface area contributed by atoms with Gasteiger partial charge in [-0.15, -0.1) is 0 Å². The highest BCUT2D eigenvalue weighted by atomic mass is 16.5. The summed E-state index contributed by atoms with van der Waals surface area (Å²) in [7, 11) is 0. The second-order valence-electron chi connectivity index (χ2n) is 6.93. The fraction of sp³-hybridized carbons (Fsp3) is 0.174. The number of hydrogen-bond acceptors (Lipinski definition) is 6. The molecule has 9 nitrogen and oxygen atoms in total. The molecule has 0 fully saturated rings. The van der Waals surface area contributed by atoms with Crippen LogP contribution in [0.25, 0.3) is 16.7 Å². The Morgan fingerprint density at radius 3 is 2.62 bits per heavy atom. The third-order valence-electron chi connectivity index (χ3n) is 4.85. The number of aryl methyl sites for hydroxylation is 1. The highest BCUT2D eigenvalue weighted by Crippen LogP contribution is 2.20. The predicted octanol–water partition coefficient (Wildman–Crippen LogP) is 2.84. The Kier molecular flexibility index (Phi) is 5.94. The number of para-hydroxylation sites is 3. The Bertz CT molecular complexity index is 1320. The molecule has 0 saturated heterocycles. The lowest BCUT2D eigenvalue weighted by Gasteiger charge is -2.11. The topological polar surface area (TPSA) is 115 Å². The first-order valence-corrected chi connectivity index (χ1v) is 10.0. The molecular formula is C23H20N6O3. The number of carbonyl (C=O) groups excluding carboxylic acids is 2. The lowest BCUT2D eigenvalue weighted by Crippen LogP contribution is -2.24. The molecule has 9 heteroatoms. The summed E-state index contributed by atoms with van der Waals surface area (Å²) >= 11 is 0. The van der Waals surface area contributed by atoms with Crippen LogP contribution in [-0.4, -0.2) is 37.8 Å². The number of esters is 1. The third kappa shape index (κ3) is 4.20. The Morgan fingerprint density at radius 2 is 1.88 bits per heavy atom. The van der Waals surface area contributed by atoms with Crippen LogP contribution < -0.4 is 5.32 Å². The fourth-order valence-corrected chi connectivity index (χ4v) is 3.38. The summed E-state index contributed by atoms with van der Waals surface area (Å²) in [4.78, 5) is 29.4. The minimum atomic E-state index is -0.571. The summed E-state index contributed by atoms with van der Waals surface area (Å²) in [5, 5.41) is 16.1. The second-order valence-corrected chi connectivity index (χ2v) is 6.93. The number of amides is 1. The molecule has 2 heterocycles. The minimum Gasteiger partial charge on any atom is -0.454 e. The van der Waals surface area contributed by atoms with Crippen molar-refractivity contribution in [3.63, 3.8) is 0 Å². The van der Waals surface area contributed by atoms with Gasteiger partial charge in [-0.1, -0.05) is 37.3 Å². The summed E-state index contributed by atoms with van der Waals surface area (Å²) in [6, 6.07) is 18.6. The van der Waals surface area contributed by atoms with E-state index in [0.717, 1.165) is 16.9 Å². The molecule has 1 N–H and O–H groups in total. The molecule has 0 aliphatic heterocycles. The Balaban J connectivity index is 1.43. The Morgan fingerprint density at radius 1 is 1.12 bits per heavy atom. The van der Waals surface area contributed by atoms with Crippen molar-refractivity contribution in [3.05, 3.63) is 72.2 Å². The molecule has 2 aromatic carbocycles. The van der Waals surface area contributed by atoms with E-state index in [2.05, 4.69) is 15.4 Å². The van der Waals surface area contributed by atoms with Gasteiger partial charge in [0, 0.05) is 6.42 Å². The monoisotopic (exact) mass is 428 g/mol. The smallest absolute Gasteiger partial charge is 0.326 e. The van der Waals surface area contributed by atoms with Gasteiger partial charge in [-0.2, -0.15) is 10.4 Å². The van der Waals surface area contributed by atoms with Crippen molar-refractivity contribution in [2.24, 2.45) is 0 Å². The maximum absolute atomic E-state index is 12.4. The maximum Gasteiger partial charge on any atom is 0.326 e. The van der Waals surface area contributed by atoms with E-state index in [1.54, 1.807) is 16.7 Å². The molecule has 0 aliphatic rings. The van der Waals surface area contributed by atoms with Crippen molar-refractivity contribution in [1.82, 2.24) is 19.3 Å². The maximum atomic E-state index is 12.4. The van der Waals surface area contributed by atoms with Crippen LogP contribution in [-0.2, 0) is 27.3 Å². The zero-order valence-electron chi connectivity index (χ0n) is 17.4. The number of nitriles is 1. The van der Waals surface area contributed by atoms with Gasteiger partial charge < -0.3 is 14.6 Å². The molecule has 4 rings (SSSR count). The summed E-state index contributed by atoms with van der Waals surface area (Å²) in [6.07, 6.45) is 2.02. The van der Waals surface area contributed by atoms with Crippen molar-refractivity contribution >= 4 is 28.7 Å². The number of carbonyl (C=O) groups is 2. The SMILES string of the molecule is CCc1nc2ccccc2n1CC(=O)OCC(=O)Nc1c(C#N)cnn1-c1ccccc1. The van der Waals surface area contributed by atoms with Crippen molar-refractivity contribution in [3.8, 4) is 11.8 Å². The number of hydrogen-bond donors (Lipinski definition) is 1. The number of fused-ring (bicyclic) bond motifs is 1. The number of nitrogens with one attached hydrogen (secondary N) is 1. The van der Waals surface area contributed by atoms with Crippen molar-refractivity contribution < 1.29 is 14.3 Å². The number of aromatic nitrogens is 4. The first-order valence-electron chi connectivity index (χ1n) is 10.0. The van der Waals surface area contributed by atoms with Crippen LogP contribution in [0.5, 0.6) is 0 Å². The fourth-order valence-electron chi connectivity index (χ4n) is 3.38. The normalized spacial score (nSPS) is 10.6. The van der Waals surface area contributed by atoms with Gasteiger partial charge in [0.05, 0.1) is 22.9 Å². The molecule has 160 valence electrons. The molecule has 0 spiro atoms. The number of ether oxygens (including phenoxy) is 1. The zero-order valence-corrected chi connectivity index (χ0v) is 17.4. The first kappa shape index (κ1) is 20.8. The highest BCUT2D eigenvalue weighted by molar-refractivity contribution is 5.93. The molecule has 0 aliphatic carbocycles. The third-order valence-corrected chi connectivity index (χ3v) is 4.85. The van der Waals surface area contributed by atoms with Gasteiger partial charge >= 0.3 is 5.97 Å². The molecule has 0 bridgehead atoms. The highest BCUT2D eigenvalue weighted by Gasteiger charge is 2.17. The minimum absolute atomic E-state index is 0.0532. The second kappa shape index (κ2) is 9.14. The summed E-state index contributed by atoms with van der Waals surface area (Å²) in [5.74, 6) is -0.152. The number of anilines is 1. The summed E-state index contributed by atoms with van der Waals surface area (Å²) in [5.41, 5.74) is 2.51. The van der Waals surface area contributed by atoms with Crippen LogP contribution in [0.3, 0.4) is 0 Å². The van der Waals surface area contributed by atoms with E-state index in [4.69, 9.17) is 4.74 Å². The van der Waals surface area contributed by atoms with Crippen LogP contribution in [0.15, 0.2) is 60.8 Å². The first-order chi connectivity index (χ1) is 15.6. The van der Waals surface area contributed by atoms with Crippen molar-refractivity contribution in [1.29, 1.82) is 5.26 Å². The lowest BCUT2D eigenvalue weighted by atomic mass is 10.3. The van der Waals surface area contributed by atoms with E-state index in [1.165, 1.54) is 10.9 Å². The van der Waals surface area contributed by atoms with Gasteiger partial charge in [-0.3, -0.25) is 9.59 Å². The molecule has 0 radical (unpaired) electrons. The van der Waals surface area contributed by atoms with Gasteiger partial charge in [-0.05, 0) is 24.3 Å². The average Bonchev–Trinajstić information content (AvgIpc) is 3.39.